The van der Waals surface area contributed by atoms with Gasteiger partial charge in [-0.1, -0.05) is 0 Å². The molecule has 1 amide bonds. The lowest BCUT2D eigenvalue weighted by molar-refractivity contribution is -0.137. The first kappa shape index (κ1) is 16.5. The molecule has 2 aromatic rings. The van der Waals surface area contributed by atoms with E-state index in [0.717, 1.165) is 49.7 Å². The van der Waals surface area contributed by atoms with Crippen LogP contribution in [0.25, 0.3) is 10.2 Å². The van der Waals surface area contributed by atoms with Gasteiger partial charge in [0.05, 0.1) is 5.39 Å². The van der Waals surface area contributed by atoms with Gasteiger partial charge in [0.25, 0.3) is 0 Å². The number of thiophene rings is 1. The molecular weight excluding hydrogens is 344 g/mol. The molecule has 3 aliphatic rings. The van der Waals surface area contributed by atoms with Gasteiger partial charge in [0, 0.05) is 37.0 Å². The Bertz CT molecular complexity index is 819. The van der Waals surface area contributed by atoms with E-state index in [-0.39, 0.29) is 5.92 Å². The number of carbonyl (C=O) groups excluding carboxylic acids is 1. The predicted molar refractivity (Wildman–Crippen MR) is 105 cm³/mol. The highest BCUT2D eigenvalue weighted by Crippen LogP contribution is 2.40. The summed E-state index contributed by atoms with van der Waals surface area (Å²) in [4.78, 5) is 29.2. The summed E-state index contributed by atoms with van der Waals surface area (Å²) in [5.41, 5.74) is 1.49. The van der Waals surface area contributed by atoms with Crippen molar-refractivity contribution < 1.29 is 4.79 Å². The van der Waals surface area contributed by atoms with Crippen molar-refractivity contribution in [2.75, 3.05) is 31.1 Å². The van der Waals surface area contributed by atoms with Crippen molar-refractivity contribution in [2.24, 2.45) is 5.92 Å². The molecule has 5 rings (SSSR count). The third-order valence-corrected chi connectivity index (χ3v) is 7.49. The first-order chi connectivity index (χ1) is 12.8. The minimum atomic E-state index is 0.204. The lowest BCUT2D eigenvalue weighted by atomic mass is 9.94. The number of aromatic nitrogens is 2. The summed E-state index contributed by atoms with van der Waals surface area (Å²) in [7, 11) is 0. The first-order valence-corrected chi connectivity index (χ1v) is 10.9. The molecule has 2 aromatic heterocycles. The smallest absolute Gasteiger partial charge is 0.225 e. The van der Waals surface area contributed by atoms with Gasteiger partial charge in [-0.2, -0.15) is 0 Å². The van der Waals surface area contributed by atoms with Crippen LogP contribution in [0.5, 0.6) is 0 Å². The summed E-state index contributed by atoms with van der Waals surface area (Å²) in [5, 5.41) is 1.30. The molecule has 4 heterocycles. The molecule has 6 heteroatoms. The lowest BCUT2D eigenvalue weighted by Gasteiger charge is -2.36. The molecule has 0 atom stereocenters. The number of likely N-dealkylation sites (tertiary alicyclic amines) is 1. The molecule has 0 spiro atoms. The average Bonchev–Trinajstić information content (AvgIpc) is 3.29. The molecule has 0 saturated carbocycles. The number of piperidine rings is 2. The van der Waals surface area contributed by atoms with Crippen LogP contribution in [0.3, 0.4) is 0 Å². The third kappa shape index (κ3) is 2.79. The Kier molecular flexibility index (Phi) is 4.31. The fraction of sp³-hybridized carbons (Fsp3) is 0.650. The standard InChI is InChI=1S/C20H26N4OS/c25-20(24-9-2-1-3-10-24)14-7-11-23(12-8-14)18-17-15-5-4-6-16(15)26-19(17)22-13-21-18/h13-14H,1-12H2. The molecule has 5 nitrogen and oxygen atoms in total. The predicted octanol–water partition coefficient (Wildman–Crippen LogP) is 3.41. The number of fused-ring (bicyclic) bond motifs is 3. The number of amides is 1. The Morgan fingerprint density at radius 1 is 1.00 bits per heavy atom. The van der Waals surface area contributed by atoms with Gasteiger partial charge in [-0.25, -0.2) is 9.97 Å². The minimum Gasteiger partial charge on any atom is -0.356 e. The molecular formula is C20H26N4OS. The number of hydrogen-bond acceptors (Lipinski definition) is 5. The molecule has 2 saturated heterocycles. The second-order valence-electron chi connectivity index (χ2n) is 7.88. The van der Waals surface area contributed by atoms with Gasteiger partial charge in [0.1, 0.15) is 17.0 Å². The van der Waals surface area contributed by atoms with E-state index in [1.807, 2.05) is 11.3 Å². The summed E-state index contributed by atoms with van der Waals surface area (Å²) in [6.45, 7) is 3.79. The Morgan fingerprint density at radius 2 is 1.81 bits per heavy atom. The van der Waals surface area contributed by atoms with E-state index in [0.29, 0.717) is 5.91 Å². The van der Waals surface area contributed by atoms with Crippen molar-refractivity contribution in [3.63, 3.8) is 0 Å². The van der Waals surface area contributed by atoms with Gasteiger partial charge >= 0.3 is 0 Å². The van der Waals surface area contributed by atoms with Gasteiger partial charge in [-0.05, 0) is 56.9 Å². The van der Waals surface area contributed by atoms with Crippen molar-refractivity contribution in [3.05, 3.63) is 16.8 Å². The molecule has 0 aromatic carbocycles. The number of hydrogen-bond donors (Lipinski definition) is 0. The molecule has 0 radical (unpaired) electrons. The second kappa shape index (κ2) is 6.80. The molecule has 0 N–H and O–H groups in total. The van der Waals surface area contributed by atoms with E-state index in [1.54, 1.807) is 6.33 Å². The zero-order valence-corrected chi connectivity index (χ0v) is 16.1. The van der Waals surface area contributed by atoms with Gasteiger partial charge in [-0.3, -0.25) is 4.79 Å². The van der Waals surface area contributed by atoms with Crippen molar-refractivity contribution >= 4 is 33.3 Å². The number of anilines is 1. The van der Waals surface area contributed by atoms with Gasteiger partial charge in [0.15, 0.2) is 0 Å². The SMILES string of the molecule is O=C(C1CCN(c2ncnc3sc4c(c23)CCC4)CC1)N1CCCCC1. The minimum absolute atomic E-state index is 0.204. The van der Waals surface area contributed by atoms with Crippen LogP contribution < -0.4 is 4.90 Å². The first-order valence-electron chi connectivity index (χ1n) is 10.1. The van der Waals surface area contributed by atoms with E-state index in [9.17, 15) is 4.79 Å². The lowest BCUT2D eigenvalue weighted by Crippen LogP contribution is -2.44. The Hall–Kier alpha value is -1.69. The zero-order valence-electron chi connectivity index (χ0n) is 15.2. The molecule has 0 bridgehead atoms. The Morgan fingerprint density at radius 3 is 2.62 bits per heavy atom. The fourth-order valence-corrected chi connectivity index (χ4v) is 6.09. The fourth-order valence-electron chi connectivity index (χ4n) is 4.86. The topological polar surface area (TPSA) is 49.3 Å². The van der Waals surface area contributed by atoms with E-state index < -0.39 is 0 Å². The summed E-state index contributed by atoms with van der Waals surface area (Å²) in [6.07, 6.45) is 10.9. The molecule has 0 unspecified atom stereocenters. The largest absolute Gasteiger partial charge is 0.356 e. The Labute approximate surface area is 158 Å². The van der Waals surface area contributed by atoms with Crippen molar-refractivity contribution in [2.45, 2.75) is 51.4 Å². The van der Waals surface area contributed by atoms with Gasteiger partial charge in [-0.15, -0.1) is 11.3 Å². The summed E-state index contributed by atoms with van der Waals surface area (Å²) in [5.74, 6) is 1.71. The van der Waals surface area contributed by atoms with Crippen LogP contribution in [0.2, 0.25) is 0 Å². The number of carbonyl (C=O) groups is 1. The van der Waals surface area contributed by atoms with E-state index in [4.69, 9.17) is 0 Å². The highest BCUT2D eigenvalue weighted by atomic mass is 32.1. The molecule has 138 valence electrons. The number of nitrogens with zero attached hydrogens (tertiary/aromatic N) is 4. The van der Waals surface area contributed by atoms with E-state index in [2.05, 4.69) is 19.8 Å². The average molecular weight is 371 g/mol. The number of rotatable bonds is 2. The van der Waals surface area contributed by atoms with Gasteiger partial charge in [0.2, 0.25) is 5.91 Å². The van der Waals surface area contributed by atoms with Crippen LogP contribution in [0.1, 0.15) is 49.0 Å². The van der Waals surface area contributed by atoms with Crippen LogP contribution in [0, 0.1) is 5.92 Å². The normalized spacial score (nSPS) is 21.4. The third-order valence-electron chi connectivity index (χ3n) is 6.29. The van der Waals surface area contributed by atoms with E-state index in [1.165, 1.54) is 54.4 Å². The highest BCUT2D eigenvalue weighted by molar-refractivity contribution is 7.19. The van der Waals surface area contributed by atoms with E-state index >= 15 is 0 Å². The van der Waals surface area contributed by atoms with Crippen LogP contribution in [-0.4, -0.2) is 47.0 Å². The number of aryl methyl sites for hydroxylation is 2. The molecule has 1 aliphatic carbocycles. The molecule has 26 heavy (non-hydrogen) atoms. The molecule has 2 fully saturated rings. The summed E-state index contributed by atoms with van der Waals surface area (Å²) < 4.78 is 0. The maximum absolute atomic E-state index is 12.8. The quantitative estimate of drug-likeness (QED) is 0.813. The molecule has 2 aliphatic heterocycles. The van der Waals surface area contributed by atoms with Crippen LogP contribution in [0.15, 0.2) is 6.33 Å². The summed E-state index contributed by atoms with van der Waals surface area (Å²) in [6, 6.07) is 0. The monoisotopic (exact) mass is 370 g/mol. The maximum atomic E-state index is 12.8. The van der Waals surface area contributed by atoms with Crippen LogP contribution in [0.4, 0.5) is 5.82 Å². The highest BCUT2D eigenvalue weighted by Gasteiger charge is 2.31. The zero-order chi connectivity index (χ0) is 17.5. The van der Waals surface area contributed by atoms with Gasteiger partial charge < -0.3 is 9.80 Å². The van der Waals surface area contributed by atoms with Crippen LogP contribution in [-0.2, 0) is 17.6 Å². The van der Waals surface area contributed by atoms with Crippen molar-refractivity contribution in [1.82, 2.24) is 14.9 Å². The van der Waals surface area contributed by atoms with Crippen molar-refractivity contribution in [3.8, 4) is 0 Å². The van der Waals surface area contributed by atoms with Crippen molar-refractivity contribution in [1.29, 1.82) is 0 Å². The van der Waals surface area contributed by atoms with Crippen LogP contribution >= 0.6 is 11.3 Å². The second-order valence-corrected chi connectivity index (χ2v) is 8.97. The summed E-state index contributed by atoms with van der Waals surface area (Å²) >= 11 is 1.85. The maximum Gasteiger partial charge on any atom is 0.225 e. The Balaban J connectivity index is 1.33.